The average Bonchev–Trinajstić information content (AvgIpc) is 2.32. The number of carboxylic acids is 4. The van der Waals surface area contributed by atoms with Gasteiger partial charge in [-0.25, -0.2) is 0 Å². The van der Waals surface area contributed by atoms with Crippen LogP contribution in [0.25, 0.3) is 0 Å². The van der Waals surface area contributed by atoms with Gasteiger partial charge in [0.25, 0.3) is 0 Å². The Balaban J connectivity index is 5.04. The van der Waals surface area contributed by atoms with Gasteiger partial charge >= 0.3 is 23.9 Å². The topological polar surface area (TPSA) is 156 Å². The molecule has 0 rings (SSSR count). The molecule has 0 aliphatic rings. The summed E-state index contributed by atoms with van der Waals surface area (Å²) in [6, 6.07) is -1.07. The van der Waals surface area contributed by atoms with Crippen LogP contribution in [0, 0.1) is 5.92 Å². The maximum atomic E-state index is 11.3. The summed E-state index contributed by atoms with van der Waals surface area (Å²) in [5.41, 5.74) is 0. The van der Waals surface area contributed by atoms with E-state index in [1.165, 1.54) is 4.90 Å². The molecule has 0 radical (unpaired) electrons. The third-order valence-electron chi connectivity index (χ3n) is 3.04. The largest absolute Gasteiger partial charge is 0.480 e. The van der Waals surface area contributed by atoms with Crippen LogP contribution in [0.5, 0.6) is 0 Å². The summed E-state index contributed by atoms with van der Waals surface area (Å²) in [4.78, 5) is 46.0. The molecule has 0 aliphatic heterocycles. The first-order valence-electron chi connectivity index (χ1n) is 6.89. The fourth-order valence-electron chi connectivity index (χ4n) is 2.22. The van der Waals surface area contributed by atoms with Crippen LogP contribution in [-0.4, -0.2) is 92.9 Å². The van der Waals surface area contributed by atoms with Crippen molar-refractivity contribution in [3.8, 4) is 0 Å². The van der Waals surface area contributed by atoms with Crippen molar-refractivity contribution in [1.82, 2.24) is 9.80 Å². The first-order valence-corrected chi connectivity index (χ1v) is 6.89. The van der Waals surface area contributed by atoms with Crippen molar-refractivity contribution in [3.63, 3.8) is 0 Å². The molecule has 132 valence electrons. The van der Waals surface area contributed by atoms with Crippen LogP contribution >= 0.6 is 0 Å². The molecule has 23 heavy (non-hydrogen) atoms. The zero-order valence-electron chi connectivity index (χ0n) is 13.0. The highest BCUT2D eigenvalue weighted by Gasteiger charge is 2.30. The van der Waals surface area contributed by atoms with Crippen molar-refractivity contribution in [2.45, 2.75) is 19.9 Å². The highest BCUT2D eigenvalue weighted by atomic mass is 16.4. The molecule has 1 unspecified atom stereocenters. The highest BCUT2D eigenvalue weighted by Crippen LogP contribution is 2.11. The van der Waals surface area contributed by atoms with E-state index in [1.54, 1.807) is 13.8 Å². The summed E-state index contributed by atoms with van der Waals surface area (Å²) >= 11 is 0. The summed E-state index contributed by atoms with van der Waals surface area (Å²) < 4.78 is 0. The molecule has 0 fully saturated rings. The standard InChI is InChI=1S/C13H22N2O8/c1-8(2)12(13(22)23)15(7-11(20)21)4-3-14(5-9(16)17)6-10(18)19/h8,12H,3-7H2,1-2H3,(H,16,17)(H,18,19)(H,20,21)(H,22,23). The van der Waals surface area contributed by atoms with E-state index in [0.29, 0.717) is 0 Å². The van der Waals surface area contributed by atoms with Gasteiger partial charge in [0, 0.05) is 13.1 Å². The normalized spacial score (nSPS) is 12.6. The molecule has 1 atom stereocenters. The van der Waals surface area contributed by atoms with Gasteiger partial charge in [-0.3, -0.25) is 29.0 Å². The van der Waals surface area contributed by atoms with Gasteiger partial charge in [-0.2, -0.15) is 0 Å². The monoisotopic (exact) mass is 334 g/mol. The molecule has 0 aliphatic carbocycles. The Labute approximate surface area is 132 Å². The van der Waals surface area contributed by atoms with Crippen LogP contribution in [0.3, 0.4) is 0 Å². The lowest BCUT2D eigenvalue weighted by Gasteiger charge is -2.31. The van der Waals surface area contributed by atoms with Crippen LogP contribution in [0.4, 0.5) is 0 Å². The first kappa shape index (κ1) is 20.8. The number of aliphatic carboxylic acids is 4. The van der Waals surface area contributed by atoms with Gasteiger partial charge < -0.3 is 20.4 Å². The van der Waals surface area contributed by atoms with Crippen LogP contribution in [0.2, 0.25) is 0 Å². The van der Waals surface area contributed by atoms with Crippen LogP contribution < -0.4 is 0 Å². The minimum Gasteiger partial charge on any atom is -0.480 e. The molecule has 0 heterocycles. The Morgan fingerprint density at radius 2 is 1.22 bits per heavy atom. The summed E-state index contributed by atoms with van der Waals surface area (Å²) in [7, 11) is 0. The maximum absolute atomic E-state index is 11.3. The smallest absolute Gasteiger partial charge is 0.321 e. The van der Waals surface area contributed by atoms with Crippen LogP contribution in [0.1, 0.15) is 13.8 Å². The number of nitrogens with zero attached hydrogens (tertiary/aromatic N) is 2. The predicted octanol–water partition coefficient (Wildman–Crippen LogP) is -1.05. The number of carboxylic acid groups (broad SMARTS) is 4. The van der Waals surface area contributed by atoms with E-state index in [2.05, 4.69) is 0 Å². The van der Waals surface area contributed by atoms with Crippen molar-refractivity contribution in [2.75, 3.05) is 32.7 Å². The summed E-state index contributed by atoms with van der Waals surface area (Å²) in [5, 5.41) is 35.7. The molecular weight excluding hydrogens is 312 g/mol. The van der Waals surface area contributed by atoms with E-state index in [4.69, 9.17) is 15.3 Å². The molecular formula is C13H22N2O8. The van der Waals surface area contributed by atoms with Gasteiger partial charge in [-0.05, 0) is 5.92 Å². The van der Waals surface area contributed by atoms with E-state index in [-0.39, 0.29) is 19.0 Å². The Bertz CT molecular complexity index is 435. The van der Waals surface area contributed by atoms with Gasteiger partial charge in [-0.1, -0.05) is 13.8 Å². The summed E-state index contributed by atoms with van der Waals surface area (Å²) in [5.74, 6) is -5.24. The predicted molar refractivity (Wildman–Crippen MR) is 77.2 cm³/mol. The van der Waals surface area contributed by atoms with Crippen LogP contribution in [0.15, 0.2) is 0 Å². The Kier molecular flexibility index (Phi) is 8.81. The Hall–Kier alpha value is -2.20. The maximum Gasteiger partial charge on any atom is 0.321 e. The van der Waals surface area contributed by atoms with Gasteiger partial charge in [0.2, 0.25) is 0 Å². The zero-order chi connectivity index (χ0) is 18.2. The molecule has 0 amide bonds. The second kappa shape index (κ2) is 9.74. The Morgan fingerprint density at radius 1 is 0.783 bits per heavy atom. The van der Waals surface area contributed by atoms with Crippen molar-refractivity contribution >= 4 is 23.9 Å². The first-order chi connectivity index (χ1) is 10.5. The van der Waals surface area contributed by atoms with Gasteiger partial charge in [0.1, 0.15) is 6.04 Å². The second-order valence-corrected chi connectivity index (χ2v) is 5.39. The van der Waals surface area contributed by atoms with Gasteiger partial charge in [0.05, 0.1) is 19.6 Å². The van der Waals surface area contributed by atoms with Crippen molar-refractivity contribution in [1.29, 1.82) is 0 Å². The summed E-state index contributed by atoms with van der Waals surface area (Å²) in [6.07, 6.45) is 0. The van der Waals surface area contributed by atoms with E-state index >= 15 is 0 Å². The van der Waals surface area contributed by atoms with Gasteiger partial charge in [0.15, 0.2) is 0 Å². The third kappa shape index (κ3) is 8.73. The fraction of sp³-hybridized carbons (Fsp3) is 0.692. The molecule has 0 bridgehead atoms. The van der Waals surface area contributed by atoms with E-state index in [1.807, 2.05) is 0 Å². The molecule has 0 aromatic carbocycles. The molecule has 10 heteroatoms. The lowest BCUT2D eigenvalue weighted by Crippen LogP contribution is -2.50. The van der Waals surface area contributed by atoms with E-state index < -0.39 is 49.6 Å². The van der Waals surface area contributed by atoms with E-state index in [9.17, 15) is 24.3 Å². The third-order valence-corrected chi connectivity index (χ3v) is 3.04. The quantitative estimate of drug-likeness (QED) is 0.347. The zero-order valence-corrected chi connectivity index (χ0v) is 13.0. The van der Waals surface area contributed by atoms with Crippen molar-refractivity contribution < 1.29 is 39.6 Å². The molecule has 10 nitrogen and oxygen atoms in total. The molecule has 0 aromatic heterocycles. The number of hydrogen-bond donors (Lipinski definition) is 4. The second-order valence-electron chi connectivity index (χ2n) is 5.39. The molecule has 0 saturated carbocycles. The van der Waals surface area contributed by atoms with Crippen LogP contribution in [-0.2, 0) is 19.2 Å². The number of rotatable bonds is 12. The average molecular weight is 334 g/mol. The lowest BCUT2D eigenvalue weighted by molar-refractivity contribution is -0.149. The highest BCUT2D eigenvalue weighted by molar-refractivity contribution is 5.76. The molecule has 0 spiro atoms. The minimum atomic E-state index is -1.23. The minimum absolute atomic E-state index is 0.0810. The SMILES string of the molecule is CC(C)C(C(=O)O)N(CCN(CC(=O)O)CC(=O)O)CC(=O)O. The summed E-state index contributed by atoms with van der Waals surface area (Å²) in [6.45, 7) is 1.48. The van der Waals surface area contributed by atoms with E-state index in [0.717, 1.165) is 4.90 Å². The lowest BCUT2D eigenvalue weighted by atomic mass is 10.0. The number of hydrogen-bond acceptors (Lipinski definition) is 6. The van der Waals surface area contributed by atoms with Gasteiger partial charge in [-0.15, -0.1) is 0 Å². The fourth-order valence-corrected chi connectivity index (χ4v) is 2.22. The van der Waals surface area contributed by atoms with Crippen molar-refractivity contribution in [3.05, 3.63) is 0 Å². The molecule has 0 aromatic rings. The Morgan fingerprint density at radius 3 is 1.52 bits per heavy atom. The molecule has 4 N–H and O–H groups in total. The molecule has 0 saturated heterocycles. The van der Waals surface area contributed by atoms with Crippen molar-refractivity contribution in [2.24, 2.45) is 5.92 Å². The number of carbonyl (C=O) groups is 4.